The van der Waals surface area contributed by atoms with Gasteiger partial charge in [-0.2, -0.15) is 0 Å². The zero-order valence-corrected chi connectivity index (χ0v) is 16.6. The Balaban J connectivity index is 1.94. The van der Waals surface area contributed by atoms with Crippen LogP contribution in [0.3, 0.4) is 0 Å². The topological polar surface area (TPSA) is 75.4 Å². The summed E-state index contributed by atoms with van der Waals surface area (Å²) >= 11 is 1.46. The number of anilines is 1. The number of hydrogen-bond donors (Lipinski definition) is 1. The van der Waals surface area contributed by atoms with Gasteiger partial charge in [0.25, 0.3) is 11.8 Å². The van der Waals surface area contributed by atoms with E-state index in [9.17, 15) is 9.59 Å². The van der Waals surface area contributed by atoms with Crippen LogP contribution in [0.15, 0.2) is 4.52 Å². The number of aryl methyl sites for hydroxylation is 3. The Hall–Kier alpha value is -2.15. The molecule has 1 N–H and O–H groups in total. The number of thiophene rings is 1. The van der Waals surface area contributed by atoms with Crippen molar-refractivity contribution in [2.45, 2.75) is 53.4 Å². The lowest BCUT2D eigenvalue weighted by molar-refractivity contribution is 0.0724. The van der Waals surface area contributed by atoms with Crippen LogP contribution in [0.5, 0.6) is 0 Å². The van der Waals surface area contributed by atoms with Crippen LogP contribution in [0.4, 0.5) is 5.00 Å². The number of nitrogens with zero attached hydrogens (tertiary/aromatic N) is 2. The number of aromatic nitrogens is 1. The number of hydrogen-bond acceptors (Lipinski definition) is 5. The Morgan fingerprint density at radius 1 is 1.15 bits per heavy atom. The molecule has 2 aromatic rings. The molecule has 1 aliphatic heterocycles. The van der Waals surface area contributed by atoms with E-state index in [-0.39, 0.29) is 11.8 Å². The smallest absolute Gasteiger partial charge is 0.261 e. The summed E-state index contributed by atoms with van der Waals surface area (Å²) in [6, 6.07) is 0. The SMILES string of the molecule is CCc1c(C)sc(NC(=O)c2c(C)noc2C)c1C(=O)N1CCCCC1. The number of amides is 2. The van der Waals surface area contributed by atoms with Crippen molar-refractivity contribution < 1.29 is 14.1 Å². The van der Waals surface area contributed by atoms with Crippen molar-refractivity contribution in [3.05, 3.63) is 33.0 Å². The summed E-state index contributed by atoms with van der Waals surface area (Å²) in [5.74, 6) is 0.228. The third-order valence-corrected chi connectivity index (χ3v) is 5.97. The van der Waals surface area contributed by atoms with Crippen molar-refractivity contribution in [3.8, 4) is 0 Å². The van der Waals surface area contributed by atoms with Gasteiger partial charge < -0.3 is 14.7 Å². The number of piperidine rings is 1. The van der Waals surface area contributed by atoms with Crippen LogP contribution in [0.25, 0.3) is 0 Å². The molecule has 3 heterocycles. The van der Waals surface area contributed by atoms with E-state index in [0.717, 1.165) is 42.8 Å². The maximum absolute atomic E-state index is 13.2. The summed E-state index contributed by atoms with van der Waals surface area (Å²) in [5.41, 5.74) is 2.66. The second-order valence-electron chi connectivity index (χ2n) is 6.70. The molecule has 0 aromatic carbocycles. The third-order valence-electron chi connectivity index (χ3n) is 4.91. The van der Waals surface area contributed by atoms with Crippen molar-refractivity contribution in [1.29, 1.82) is 0 Å². The van der Waals surface area contributed by atoms with Gasteiger partial charge in [-0.25, -0.2) is 0 Å². The number of carbonyl (C=O) groups excluding carboxylic acids is 2. The molecule has 0 aliphatic carbocycles. The normalized spacial score (nSPS) is 14.5. The Kier molecular flexibility index (Phi) is 5.46. The first kappa shape index (κ1) is 18.6. The molecule has 0 radical (unpaired) electrons. The minimum atomic E-state index is -0.280. The highest BCUT2D eigenvalue weighted by Crippen LogP contribution is 2.35. The average molecular weight is 375 g/mol. The van der Waals surface area contributed by atoms with E-state index in [0.29, 0.717) is 27.6 Å². The van der Waals surface area contributed by atoms with Gasteiger partial charge in [0.05, 0.1) is 11.3 Å². The molecule has 140 valence electrons. The van der Waals surface area contributed by atoms with E-state index in [1.54, 1.807) is 13.8 Å². The zero-order valence-electron chi connectivity index (χ0n) is 15.8. The fourth-order valence-corrected chi connectivity index (χ4v) is 4.68. The third kappa shape index (κ3) is 3.40. The fraction of sp³-hybridized carbons (Fsp3) is 0.526. The Morgan fingerprint density at radius 3 is 2.42 bits per heavy atom. The maximum Gasteiger partial charge on any atom is 0.261 e. The van der Waals surface area contributed by atoms with Crippen molar-refractivity contribution in [3.63, 3.8) is 0 Å². The summed E-state index contributed by atoms with van der Waals surface area (Å²) in [6.45, 7) is 9.07. The molecule has 0 saturated carbocycles. The predicted octanol–water partition coefficient (Wildman–Crippen LogP) is 4.10. The summed E-state index contributed by atoms with van der Waals surface area (Å²) in [7, 11) is 0. The fourth-order valence-electron chi connectivity index (χ4n) is 3.55. The second-order valence-corrected chi connectivity index (χ2v) is 7.93. The van der Waals surface area contributed by atoms with Crippen LogP contribution < -0.4 is 5.32 Å². The highest BCUT2D eigenvalue weighted by Gasteiger charge is 2.28. The highest BCUT2D eigenvalue weighted by molar-refractivity contribution is 7.16. The second kappa shape index (κ2) is 7.61. The molecule has 1 aliphatic rings. The molecular formula is C19H25N3O3S. The highest BCUT2D eigenvalue weighted by atomic mass is 32.1. The van der Waals surface area contributed by atoms with Crippen LogP contribution in [0, 0.1) is 20.8 Å². The van der Waals surface area contributed by atoms with E-state index >= 15 is 0 Å². The molecule has 0 spiro atoms. The van der Waals surface area contributed by atoms with Crippen molar-refractivity contribution in [1.82, 2.24) is 10.1 Å². The van der Waals surface area contributed by atoms with Gasteiger partial charge in [-0.3, -0.25) is 9.59 Å². The van der Waals surface area contributed by atoms with Crippen LogP contribution in [-0.2, 0) is 6.42 Å². The van der Waals surface area contributed by atoms with E-state index in [4.69, 9.17) is 4.52 Å². The molecule has 0 unspecified atom stereocenters. The predicted molar refractivity (Wildman–Crippen MR) is 102 cm³/mol. The number of likely N-dealkylation sites (tertiary alicyclic amines) is 1. The lowest BCUT2D eigenvalue weighted by atomic mass is 10.0. The largest absolute Gasteiger partial charge is 0.361 e. The molecule has 3 rings (SSSR count). The maximum atomic E-state index is 13.2. The summed E-state index contributed by atoms with van der Waals surface area (Å²) in [6.07, 6.45) is 4.01. The Morgan fingerprint density at radius 2 is 1.85 bits per heavy atom. The monoisotopic (exact) mass is 375 g/mol. The molecule has 2 aromatic heterocycles. The summed E-state index contributed by atoms with van der Waals surface area (Å²) in [4.78, 5) is 28.9. The molecule has 0 bridgehead atoms. The first-order valence-corrected chi connectivity index (χ1v) is 9.91. The Bertz CT molecular complexity index is 812. The van der Waals surface area contributed by atoms with Gasteiger partial charge in [-0.15, -0.1) is 11.3 Å². The van der Waals surface area contributed by atoms with E-state index in [1.165, 1.54) is 17.8 Å². The van der Waals surface area contributed by atoms with Crippen LogP contribution in [0.2, 0.25) is 0 Å². The minimum absolute atomic E-state index is 0.0277. The molecular weight excluding hydrogens is 350 g/mol. The quantitative estimate of drug-likeness (QED) is 0.873. The van der Waals surface area contributed by atoms with Gasteiger partial charge in [0.1, 0.15) is 16.3 Å². The lowest BCUT2D eigenvalue weighted by Gasteiger charge is -2.27. The molecule has 2 amide bonds. The van der Waals surface area contributed by atoms with E-state index in [2.05, 4.69) is 10.5 Å². The van der Waals surface area contributed by atoms with Gasteiger partial charge in [-0.05, 0) is 52.0 Å². The molecule has 6 nitrogen and oxygen atoms in total. The number of carbonyl (C=O) groups is 2. The standard InChI is InChI=1S/C19H25N3O3S/c1-5-14-13(4)26-18(16(14)19(24)22-9-7-6-8-10-22)20-17(23)15-11(2)21-25-12(15)3/h5-10H2,1-4H3,(H,20,23). The molecule has 7 heteroatoms. The summed E-state index contributed by atoms with van der Waals surface area (Å²) < 4.78 is 5.09. The van der Waals surface area contributed by atoms with Gasteiger partial charge >= 0.3 is 0 Å². The van der Waals surface area contributed by atoms with Crippen LogP contribution in [0.1, 0.15) is 68.8 Å². The van der Waals surface area contributed by atoms with Gasteiger partial charge in [0.15, 0.2) is 0 Å². The molecule has 1 saturated heterocycles. The van der Waals surface area contributed by atoms with Gasteiger partial charge in [0.2, 0.25) is 0 Å². The number of nitrogens with one attached hydrogen (secondary N) is 1. The van der Waals surface area contributed by atoms with Crippen molar-refractivity contribution in [2.75, 3.05) is 18.4 Å². The lowest BCUT2D eigenvalue weighted by Crippen LogP contribution is -2.36. The van der Waals surface area contributed by atoms with Crippen molar-refractivity contribution in [2.24, 2.45) is 0 Å². The molecule has 26 heavy (non-hydrogen) atoms. The first-order chi connectivity index (χ1) is 12.4. The first-order valence-electron chi connectivity index (χ1n) is 9.09. The van der Waals surface area contributed by atoms with Gasteiger partial charge in [0, 0.05) is 18.0 Å². The van der Waals surface area contributed by atoms with E-state index < -0.39 is 0 Å². The summed E-state index contributed by atoms with van der Waals surface area (Å²) in [5, 5.41) is 7.41. The zero-order chi connectivity index (χ0) is 18.8. The van der Waals surface area contributed by atoms with Gasteiger partial charge in [-0.1, -0.05) is 12.1 Å². The van der Waals surface area contributed by atoms with E-state index in [1.807, 2.05) is 18.7 Å². The average Bonchev–Trinajstić information content (AvgIpc) is 3.13. The van der Waals surface area contributed by atoms with Crippen LogP contribution >= 0.6 is 11.3 Å². The molecule has 0 atom stereocenters. The number of rotatable bonds is 4. The van der Waals surface area contributed by atoms with Crippen molar-refractivity contribution >= 4 is 28.2 Å². The molecule has 1 fully saturated rings. The van der Waals surface area contributed by atoms with Crippen LogP contribution in [-0.4, -0.2) is 35.0 Å². The Labute approximate surface area is 157 Å². The minimum Gasteiger partial charge on any atom is -0.361 e.